The van der Waals surface area contributed by atoms with E-state index in [2.05, 4.69) is 12.5 Å². The van der Waals surface area contributed by atoms with Crippen molar-refractivity contribution in [3.05, 3.63) is 11.8 Å². The molecule has 0 saturated carbocycles. The molecule has 0 amide bonds. The average molecular weight is 767 g/mol. The van der Waals surface area contributed by atoms with Crippen LogP contribution >= 0.6 is 0 Å². The first kappa shape index (κ1) is 40.7. The second-order valence-corrected chi connectivity index (χ2v) is 13.8. The number of aliphatic hydroxyl groups is 5. The summed E-state index contributed by atoms with van der Waals surface area (Å²) in [6, 6.07) is 0. The van der Waals surface area contributed by atoms with Gasteiger partial charge in [-0.3, -0.25) is 13.7 Å². The summed E-state index contributed by atoms with van der Waals surface area (Å²) in [5.74, 6) is -5.21. The number of carboxylic acid groups (broad SMARTS) is 1. The van der Waals surface area contributed by atoms with Gasteiger partial charge in [-0.05, 0) is 13.0 Å². The Balaban J connectivity index is 1.80. The van der Waals surface area contributed by atoms with E-state index in [1.807, 2.05) is 0 Å². The number of hydrogen-bond donors (Lipinski definition) is 9. The first-order valence-corrected chi connectivity index (χ1v) is 17.5. The first-order valence-electron chi connectivity index (χ1n) is 13.4. The highest BCUT2D eigenvalue weighted by Crippen LogP contribution is 2.34. The standard InChI is InChI=1S/C21H34O24S3/c1-7-17(44-47(32,33)34)16(25)18(45-48(35,36)37)13(41-7)5-38-3-8-9(20(28)42-12(14(8)23)6-40-46(29,30)31)4-39-21-15(24)10(22)2-11(43-21)19(26)27/h2,7-10,12-18,20-25,28H,3-6H2,1H3,(H,26,27)(H,29,30,31)(H,32,33,34)(H,35,36,37)/t7?,8?,9?,10?,12?,13-,14-,15?,16?,17+,18?,20?,21+/m0/s1. The van der Waals surface area contributed by atoms with Gasteiger partial charge < -0.3 is 54.3 Å². The lowest BCUT2D eigenvalue weighted by atomic mass is 9.83. The lowest BCUT2D eigenvalue weighted by Gasteiger charge is -2.44. The van der Waals surface area contributed by atoms with Gasteiger partial charge in [0.2, 0.25) is 12.0 Å². The summed E-state index contributed by atoms with van der Waals surface area (Å²) >= 11 is 0. The molecular weight excluding hydrogens is 732 g/mol. The van der Waals surface area contributed by atoms with E-state index in [0.717, 1.165) is 6.92 Å². The summed E-state index contributed by atoms with van der Waals surface area (Å²) in [5, 5.41) is 61.6. The number of rotatable bonds is 15. The van der Waals surface area contributed by atoms with Crippen molar-refractivity contribution in [1.29, 1.82) is 0 Å². The average Bonchev–Trinajstić information content (AvgIpc) is 2.93. The smallest absolute Gasteiger partial charge is 0.397 e. The van der Waals surface area contributed by atoms with Crippen molar-refractivity contribution in [2.75, 3.05) is 26.4 Å². The number of carboxylic acids is 1. The van der Waals surface area contributed by atoms with Crippen LogP contribution in [0.3, 0.4) is 0 Å². The van der Waals surface area contributed by atoms with Crippen molar-refractivity contribution >= 4 is 37.2 Å². The van der Waals surface area contributed by atoms with Gasteiger partial charge >= 0.3 is 37.2 Å². The minimum absolute atomic E-state index is 0.687. The van der Waals surface area contributed by atoms with Crippen molar-refractivity contribution in [2.45, 2.75) is 74.4 Å². The van der Waals surface area contributed by atoms with Gasteiger partial charge in [0.25, 0.3) is 0 Å². The Kier molecular flexibility index (Phi) is 13.6. The predicted molar refractivity (Wildman–Crippen MR) is 144 cm³/mol. The molecule has 280 valence electrons. The Morgan fingerprint density at radius 2 is 1.35 bits per heavy atom. The lowest BCUT2D eigenvalue weighted by molar-refractivity contribution is -0.284. The van der Waals surface area contributed by atoms with Crippen LogP contribution in [0.25, 0.3) is 0 Å². The minimum atomic E-state index is -5.35. The maximum atomic E-state index is 11.5. The largest absolute Gasteiger partial charge is 0.475 e. The quantitative estimate of drug-likeness (QED) is 0.0703. The van der Waals surface area contributed by atoms with Gasteiger partial charge in [-0.25, -0.2) is 17.3 Å². The Labute approximate surface area is 272 Å². The van der Waals surface area contributed by atoms with E-state index >= 15 is 0 Å². The summed E-state index contributed by atoms with van der Waals surface area (Å²) in [7, 11) is -15.6. The molecule has 9 N–H and O–H groups in total. The number of carbonyl (C=O) groups is 1. The highest BCUT2D eigenvalue weighted by molar-refractivity contribution is 7.81. The van der Waals surface area contributed by atoms with Gasteiger partial charge in [-0.15, -0.1) is 0 Å². The molecule has 0 aromatic heterocycles. The molecule has 3 aliphatic rings. The second kappa shape index (κ2) is 16.1. The Bertz CT molecular complexity index is 1460. The maximum absolute atomic E-state index is 11.5. The minimum Gasteiger partial charge on any atom is -0.475 e. The molecule has 48 heavy (non-hydrogen) atoms. The van der Waals surface area contributed by atoms with Crippen LogP contribution in [0.2, 0.25) is 0 Å². The summed E-state index contributed by atoms with van der Waals surface area (Å²) in [6.07, 6.45) is -19.5. The zero-order valence-electron chi connectivity index (χ0n) is 24.3. The van der Waals surface area contributed by atoms with Crippen molar-refractivity contribution in [1.82, 2.24) is 0 Å². The third kappa shape index (κ3) is 11.4. The normalized spacial score (nSPS) is 38.2. The molecule has 24 nitrogen and oxygen atoms in total. The third-order valence-electron chi connectivity index (χ3n) is 7.24. The van der Waals surface area contributed by atoms with Gasteiger partial charge in [-0.2, -0.15) is 25.3 Å². The number of aliphatic carboxylic acids is 1. The third-order valence-corrected chi connectivity index (χ3v) is 8.60. The molecule has 27 heteroatoms. The molecule has 0 radical (unpaired) electrons. The fourth-order valence-corrected chi connectivity index (χ4v) is 6.41. The van der Waals surface area contributed by atoms with E-state index in [1.54, 1.807) is 0 Å². The van der Waals surface area contributed by atoms with Crippen LogP contribution in [0.15, 0.2) is 11.8 Å². The highest BCUT2D eigenvalue weighted by atomic mass is 32.3. The van der Waals surface area contributed by atoms with Crippen LogP contribution in [-0.4, -0.2) is 169 Å². The fourth-order valence-electron chi connectivity index (χ4n) is 5.03. The van der Waals surface area contributed by atoms with E-state index < -0.39 is 149 Å². The molecule has 13 atom stereocenters. The van der Waals surface area contributed by atoms with E-state index in [4.69, 9.17) is 37.9 Å². The monoisotopic (exact) mass is 766 g/mol. The van der Waals surface area contributed by atoms with Gasteiger partial charge in [-0.1, -0.05) is 0 Å². The van der Waals surface area contributed by atoms with Crippen molar-refractivity contribution < 1.29 is 111 Å². The summed E-state index contributed by atoms with van der Waals surface area (Å²) < 4.78 is 134. The van der Waals surface area contributed by atoms with Crippen LogP contribution in [0.1, 0.15) is 6.92 Å². The van der Waals surface area contributed by atoms with Crippen molar-refractivity contribution in [3.63, 3.8) is 0 Å². The molecule has 3 aliphatic heterocycles. The van der Waals surface area contributed by atoms with E-state index in [-0.39, 0.29) is 0 Å². The number of hydrogen-bond acceptors (Lipinski definition) is 20. The van der Waals surface area contributed by atoms with Crippen LogP contribution in [0, 0.1) is 11.8 Å². The van der Waals surface area contributed by atoms with Gasteiger partial charge in [0.05, 0.1) is 38.6 Å². The molecule has 2 saturated heterocycles. The van der Waals surface area contributed by atoms with E-state index in [0.29, 0.717) is 6.08 Å². The first-order chi connectivity index (χ1) is 22.0. The molecule has 0 aliphatic carbocycles. The van der Waals surface area contributed by atoms with E-state index in [9.17, 15) is 60.1 Å². The molecule has 0 aromatic rings. The predicted octanol–water partition coefficient (Wildman–Crippen LogP) is -5.28. The Hall–Kier alpha value is -1.74. The number of ether oxygens (including phenoxy) is 5. The molecule has 9 unspecified atom stereocenters. The van der Waals surface area contributed by atoms with Crippen LogP contribution in [0.5, 0.6) is 0 Å². The topological polar surface area (TPSA) is 375 Å². The van der Waals surface area contributed by atoms with Crippen LogP contribution < -0.4 is 0 Å². The Morgan fingerprint density at radius 3 is 1.92 bits per heavy atom. The maximum Gasteiger partial charge on any atom is 0.397 e. The Morgan fingerprint density at radius 1 is 0.750 bits per heavy atom. The zero-order chi connectivity index (χ0) is 36.4. The molecule has 2 fully saturated rings. The molecular formula is C21H34O24S3. The van der Waals surface area contributed by atoms with Gasteiger partial charge in [0.1, 0.15) is 42.7 Å². The molecule has 0 spiro atoms. The van der Waals surface area contributed by atoms with Crippen LogP contribution in [-0.2, 0) is 72.2 Å². The summed E-state index contributed by atoms with van der Waals surface area (Å²) in [4.78, 5) is 11.3. The summed E-state index contributed by atoms with van der Waals surface area (Å²) in [6.45, 7) is -2.10. The molecule has 0 bridgehead atoms. The van der Waals surface area contributed by atoms with Gasteiger partial charge in [0, 0.05) is 11.8 Å². The number of aliphatic hydroxyl groups excluding tert-OH is 5. The summed E-state index contributed by atoms with van der Waals surface area (Å²) in [5.41, 5.74) is 0. The molecule has 3 rings (SSSR count). The van der Waals surface area contributed by atoms with Gasteiger partial charge in [0.15, 0.2) is 6.29 Å². The van der Waals surface area contributed by atoms with Crippen molar-refractivity contribution in [2.24, 2.45) is 11.8 Å². The lowest BCUT2D eigenvalue weighted by Crippen LogP contribution is -2.60. The fraction of sp³-hybridized carbons (Fsp3) is 0.857. The van der Waals surface area contributed by atoms with Crippen LogP contribution in [0.4, 0.5) is 0 Å². The zero-order valence-corrected chi connectivity index (χ0v) is 26.7. The molecule has 0 aromatic carbocycles. The van der Waals surface area contributed by atoms with Crippen molar-refractivity contribution in [3.8, 4) is 0 Å². The van der Waals surface area contributed by atoms with E-state index in [1.165, 1.54) is 0 Å². The molecule has 3 heterocycles. The SMILES string of the molecule is CC1O[C@@H](COCC2C(CO[C@@H]3OC(C(=O)O)=CC(O)C3O)C(O)OC(COS(=O)(=O)O)[C@H]2O)C(OS(=O)(=O)O)C(O)[C@@H]1OS(=O)(=O)O. The second-order valence-electron chi connectivity index (χ2n) is 10.6. The highest BCUT2D eigenvalue weighted by Gasteiger charge is 2.50.